The standard InChI is InChI=1S/C16H17N5O6/c1-4-27-14-12(21(24)25)6-10(7-13(14)26-3)8-17-20-15(22)11-5-9(2)18-16(23)19-11/h5-8H,4H2,1-3H3,(H,20,22)(H,18,19,23)/b17-8+. The summed E-state index contributed by atoms with van der Waals surface area (Å²) in [5.41, 5.74) is 1.91. The summed E-state index contributed by atoms with van der Waals surface area (Å²) in [6.07, 6.45) is 1.20. The fraction of sp³-hybridized carbons (Fsp3) is 0.250. The van der Waals surface area contributed by atoms with E-state index in [0.717, 1.165) is 0 Å². The van der Waals surface area contributed by atoms with E-state index in [9.17, 15) is 19.7 Å². The predicted octanol–water partition coefficient (Wildman–Crippen LogP) is 1.16. The fourth-order valence-electron chi connectivity index (χ4n) is 2.18. The molecule has 27 heavy (non-hydrogen) atoms. The third kappa shape index (κ3) is 4.87. The van der Waals surface area contributed by atoms with E-state index in [1.54, 1.807) is 13.8 Å². The van der Waals surface area contributed by atoms with Crippen molar-refractivity contribution in [2.45, 2.75) is 13.8 Å². The Labute approximate surface area is 153 Å². The third-order valence-electron chi connectivity index (χ3n) is 3.25. The van der Waals surface area contributed by atoms with Crippen LogP contribution < -0.4 is 20.6 Å². The summed E-state index contributed by atoms with van der Waals surface area (Å²) in [6, 6.07) is 4.10. The third-order valence-corrected chi connectivity index (χ3v) is 3.25. The van der Waals surface area contributed by atoms with Crippen molar-refractivity contribution in [3.05, 3.63) is 55.7 Å². The van der Waals surface area contributed by atoms with Gasteiger partial charge in [0.05, 0.1) is 24.9 Å². The monoisotopic (exact) mass is 375 g/mol. The number of methoxy groups -OCH3 is 1. The van der Waals surface area contributed by atoms with Crippen molar-refractivity contribution >= 4 is 17.8 Å². The predicted molar refractivity (Wildman–Crippen MR) is 95.5 cm³/mol. The Balaban J connectivity index is 2.25. The Morgan fingerprint density at radius 1 is 1.44 bits per heavy atom. The normalized spacial score (nSPS) is 10.6. The lowest BCUT2D eigenvalue weighted by Crippen LogP contribution is -2.24. The maximum Gasteiger partial charge on any atom is 0.345 e. The molecule has 2 N–H and O–H groups in total. The van der Waals surface area contributed by atoms with Gasteiger partial charge in [0.2, 0.25) is 5.75 Å². The van der Waals surface area contributed by atoms with Gasteiger partial charge < -0.3 is 14.5 Å². The number of nitrogens with zero attached hydrogens (tertiary/aromatic N) is 3. The Morgan fingerprint density at radius 2 is 2.19 bits per heavy atom. The Kier molecular flexibility index (Phi) is 6.20. The largest absolute Gasteiger partial charge is 0.493 e. The van der Waals surface area contributed by atoms with Crippen LogP contribution in [-0.2, 0) is 0 Å². The number of hydrogen-bond donors (Lipinski definition) is 2. The molecular formula is C16H17N5O6. The lowest BCUT2D eigenvalue weighted by molar-refractivity contribution is -0.385. The van der Waals surface area contributed by atoms with Crippen molar-refractivity contribution in [3.8, 4) is 11.5 Å². The second kappa shape index (κ2) is 8.56. The van der Waals surface area contributed by atoms with E-state index >= 15 is 0 Å². The minimum atomic E-state index is -0.701. The van der Waals surface area contributed by atoms with Crippen LogP contribution in [0.15, 0.2) is 28.1 Å². The molecule has 0 spiro atoms. The molecule has 1 heterocycles. The summed E-state index contributed by atoms with van der Waals surface area (Å²) in [6.45, 7) is 3.52. The van der Waals surface area contributed by atoms with E-state index in [1.807, 2.05) is 0 Å². The summed E-state index contributed by atoms with van der Waals surface area (Å²) in [5.74, 6) is -0.534. The topological polar surface area (TPSA) is 149 Å². The molecule has 0 atom stereocenters. The molecule has 11 heteroatoms. The number of benzene rings is 1. The lowest BCUT2D eigenvalue weighted by atomic mass is 10.2. The van der Waals surface area contributed by atoms with Crippen LogP contribution in [-0.4, -0.2) is 40.7 Å². The zero-order valence-corrected chi connectivity index (χ0v) is 14.8. The highest BCUT2D eigenvalue weighted by molar-refractivity contribution is 5.93. The maximum atomic E-state index is 12.0. The van der Waals surface area contributed by atoms with Gasteiger partial charge in [-0.15, -0.1) is 0 Å². The Hall–Kier alpha value is -3.76. The van der Waals surface area contributed by atoms with E-state index in [4.69, 9.17) is 9.47 Å². The molecule has 0 aliphatic carbocycles. The van der Waals surface area contributed by atoms with Gasteiger partial charge in [0.15, 0.2) is 5.75 Å². The number of hydrazone groups is 1. The van der Waals surface area contributed by atoms with E-state index < -0.39 is 16.5 Å². The first kappa shape index (κ1) is 19.6. The molecular weight excluding hydrogens is 358 g/mol. The summed E-state index contributed by atoms with van der Waals surface area (Å²) < 4.78 is 10.4. The minimum absolute atomic E-state index is 0.00868. The van der Waals surface area contributed by atoms with Gasteiger partial charge in [-0.2, -0.15) is 10.1 Å². The smallest absolute Gasteiger partial charge is 0.345 e. The summed E-state index contributed by atoms with van der Waals surface area (Å²) in [5, 5.41) is 15.0. The van der Waals surface area contributed by atoms with Crippen LogP contribution in [0.25, 0.3) is 0 Å². The first-order chi connectivity index (χ1) is 12.8. The SMILES string of the molecule is CCOc1c(OC)cc(/C=N/NC(=O)c2cc(C)[nH]c(=O)n2)cc1[N+](=O)[O-]. The number of nitro groups is 1. The second-order valence-corrected chi connectivity index (χ2v) is 5.22. The summed E-state index contributed by atoms with van der Waals surface area (Å²) in [4.78, 5) is 39.9. The van der Waals surface area contributed by atoms with E-state index in [0.29, 0.717) is 11.3 Å². The molecule has 1 aromatic heterocycles. The zero-order valence-electron chi connectivity index (χ0n) is 14.8. The number of nitro benzene ring substituents is 1. The van der Waals surface area contributed by atoms with Gasteiger partial charge in [-0.1, -0.05) is 0 Å². The molecule has 0 saturated heterocycles. The van der Waals surface area contributed by atoms with Crippen LogP contribution in [0.5, 0.6) is 11.5 Å². The average molecular weight is 375 g/mol. The number of aryl methyl sites for hydroxylation is 1. The molecule has 0 aliphatic heterocycles. The average Bonchev–Trinajstić information content (AvgIpc) is 2.61. The highest BCUT2D eigenvalue weighted by Gasteiger charge is 2.21. The van der Waals surface area contributed by atoms with Crippen molar-refractivity contribution in [1.29, 1.82) is 0 Å². The van der Waals surface area contributed by atoms with Crippen LogP contribution in [0.1, 0.15) is 28.7 Å². The first-order valence-corrected chi connectivity index (χ1v) is 7.76. The van der Waals surface area contributed by atoms with Gasteiger partial charge in [-0.05, 0) is 26.0 Å². The zero-order chi connectivity index (χ0) is 20.0. The lowest BCUT2D eigenvalue weighted by Gasteiger charge is -2.10. The van der Waals surface area contributed by atoms with Crippen LogP contribution in [0.2, 0.25) is 0 Å². The molecule has 0 saturated carbocycles. The number of carbonyl (C=O) groups is 1. The quantitative estimate of drug-likeness (QED) is 0.419. The van der Waals surface area contributed by atoms with E-state index in [1.165, 1.54) is 31.5 Å². The second-order valence-electron chi connectivity index (χ2n) is 5.22. The molecule has 0 fully saturated rings. The van der Waals surface area contributed by atoms with Crippen LogP contribution in [0.3, 0.4) is 0 Å². The summed E-state index contributed by atoms with van der Waals surface area (Å²) >= 11 is 0. The van der Waals surface area contributed by atoms with Crippen molar-refractivity contribution in [3.63, 3.8) is 0 Å². The number of nitrogens with one attached hydrogen (secondary N) is 2. The van der Waals surface area contributed by atoms with E-state index in [2.05, 4.69) is 20.5 Å². The molecule has 0 bridgehead atoms. The molecule has 142 valence electrons. The van der Waals surface area contributed by atoms with Gasteiger partial charge in [0, 0.05) is 17.3 Å². The Morgan fingerprint density at radius 3 is 2.78 bits per heavy atom. The minimum Gasteiger partial charge on any atom is -0.493 e. The fourth-order valence-corrected chi connectivity index (χ4v) is 2.18. The molecule has 2 aromatic rings. The molecule has 0 unspecified atom stereocenters. The maximum absolute atomic E-state index is 12.0. The molecule has 0 radical (unpaired) electrons. The number of aromatic amines is 1. The molecule has 2 rings (SSSR count). The summed E-state index contributed by atoms with van der Waals surface area (Å²) in [7, 11) is 1.35. The number of rotatable bonds is 7. The number of carbonyl (C=O) groups excluding carboxylic acids is 1. The number of aromatic nitrogens is 2. The molecule has 1 aromatic carbocycles. The molecule has 0 aliphatic rings. The molecule has 11 nitrogen and oxygen atoms in total. The van der Waals surface area contributed by atoms with Crippen LogP contribution >= 0.6 is 0 Å². The number of amides is 1. The van der Waals surface area contributed by atoms with Crippen molar-refractivity contribution in [1.82, 2.24) is 15.4 Å². The van der Waals surface area contributed by atoms with Gasteiger partial charge in [0.25, 0.3) is 5.91 Å². The van der Waals surface area contributed by atoms with Gasteiger partial charge in [-0.3, -0.25) is 14.9 Å². The van der Waals surface area contributed by atoms with E-state index in [-0.39, 0.29) is 29.5 Å². The van der Waals surface area contributed by atoms with Crippen LogP contribution in [0, 0.1) is 17.0 Å². The Bertz CT molecular complexity index is 953. The van der Waals surface area contributed by atoms with Gasteiger partial charge in [0.1, 0.15) is 5.69 Å². The van der Waals surface area contributed by atoms with Crippen molar-refractivity contribution in [2.24, 2.45) is 5.10 Å². The van der Waals surface area contributed by atoms with Crippen LogP contribution in [0.4, 0.5) is 5.69 Å². The van der Waals surface area contributed by atoms with Crippen molar-refractivity contribution in [2.75, 3.05) is 13.7 Å². The van der Waals surface area contributed by atoms with Crippen molar-refractivity contribution < 1.29 is 19.2 Å². The number of ether oxygens (including phenoxy) is 2. The van der Waals surface area contributed by atoms with Gasteiger partial charge >= 0.3 is 11.4 Å². The molecule has 1 amide bonds. The first-order valence-electron chi connectivity index (χ1n) is 7.76. The van der Waals surface area contributed by atoms with Gasteiger partial charge in [-0.25, -0.2) is 10.2 Å². The number of hydrogen-bond acceptors (Lipinski definition) is 8. The highest BCUT2D eigenvalue weighted by Crippen LogP contribution is 2.37. The highest BCUT2D eigenvalue weighted by atomic mass is 16.6. The number of H-pyrrole nitrogens is 1.